The fourth-order valence-electron chi connectivity index (χ4n) is 2.70. The van der Waals surface area contributed by atoms with Crippen molar-refractivity contribution < 1.29 is 14.0 Å². The second kappa shape index (κ2) is 7.13. The lowest BCUT2D eigenvalue weighted by molar-refractivity contribution is 0.0992. The zero-order chi connectivity index (χ0) is 18.8. The summed E-state index contributed by atoms with van der Waals surface area (Å²) in [6, 6.07) is 17.5. The molecule has 0 radical (unpaired) electrons. The molecule has 2 heterocycles. The number of nitrogens with one attached hydrogen (secondary N) is 3. The van der Waals surface area contributed by atoms with Gasteiger partial charge in [-0.25, -0.2) is 0 Å². The quantitative estimate of drug-likeness (QED) is 0.430. The van der Waals surface area contributed by atoms with Crippen molar-refractivity contribution in [1.82, 2.24) is 4.98 Å². The van der Waals surface area contributed by atoms with Crippen molar-refractivity contribution in [2.75, 3.05) is 10.6 Å². The summed E-state index contributed by atoms with van der Waals surface area (Å²) in [4.78, 5) is 27.8. The molecule has 6 nitrogen and oxygen atoms in total. The molecule has 0 aliphatic rings. The van der Waals surface area contributed by atoms with E-state index >= 15 is 0 Å². The van der Waals surface area contributed by atoms with Gasteiger partial charge in [-0.3, -0.25) is 9.59 Å². The van der Waals surface area contributed by atoms with Crippen LogP contribution in [-0.4, -0.2) is 16.8 Å². The number of carbonyl (C=O) groups is 2. The molecule has 4 rings (SSSR count). The molecule has 7 heteroatoms. The Morgan fingerprint density at radius 1 is 0.889 bits per heavy atom. The van der Waals surface area contributed by atoms with Gasteiger partial charge in [-0.15, -0.1) is 0 Å². The summed E-state index contributed by atoms with van der Waals surface area (Å²) in [5, 5.41) is 6.59. The topological polar surface area (TPSA) is 87.1 Å². The number of hydrogen-bond acceptors (Lipinski definition) is 3. The minimum absolute atomic E-state index is 0.177. The van der Waals surface area contributed by atoms with Crippen molar-refractivity contribution in [3.8, 4) is 0 Å². The predicted molar refractivity (Wildman–Crippen MR) is 107 cm³/mol. The number of furan rings is 1. The van der Waals surface area contributed by atoms with Crippen LogP contribution in [0.4, 0.5) is 11.4 Å². The van der Waals surface area contributed by atoms with E-state index in [0.29, 0.717) is 21.6 Å². The highest BCUT2D eigenvalue weighted by Crippen LogP contribution is 2.20. The van der Waals surface area contributed by atoms with Crippen LogP contribution in [0.5, 0.6) is 0 Å². The maximum absolute atomic E-state index is 12.5. The molecule has 4 aromatic rings. The minimum atomic E-state index is -0.392. The number of fused-ring (bicyclic) bond motifs is 1. The van der Waals surface area contributed by atoms with Gasteiger partial charge in [0, 0.05) is 34.0 Å². The van der Waals surface area contributed by atoms with Gasteiger partial charge in [-0.2, -0.15) is 0 Å². The monoisotopic (exact) mass is 423 g/mol. The first kappa shape index (κ1) is 17.1. The highest BCUT2D eigenvalue weighted by molar-refractivity contribution is 9.10. The van der Waals surface area contributed by atoms with E-state index in [9.17, 15) is 9.59 Å². The van der Waals surface area contributed by atoms with Gasteiger partial charge in [0.25, 0.3) is 11.8 Å². The Morgan fingerprint density at radius 3 is 2.52 bits per heavy atom. The van der Waals surface area contributed by atoms with Crippen molar-refractivity contribution in [3.05, 3.63) is 82.9 Å². The van der Waals surface area contributed by atoms with Gasteiger partial charge in [0.1, 0.15) is 0 Å². The standard InChI is InChI=1S/C20H14BrN3O3/c21-18-7-6-17(27-18)20(26)24-14-3-1-2-13(11-14)19(25)23-15-4-5-16-12(10-15)8-9-22-16/h1-11,22H,(H,23,25)(H,24,26). The summed E-state index contributed by atoms with van der Waals surface area (Å²) in [6.07, 6.45) is 1.85. The summed E-state index contributed by atoms with van der Waals surface area (Å²) in [5.74, 6) is -0.477. The molecule has 0 saturated carbocycles. The third-order valence-electron chi connectivity index (χ3n) is 3.99. The van der Waals surface area contributed by atoms with Gasteiger partial charge >= 0.3 is 0 Å². The summed E-state index contributed by atoms with van der Waals surface area (Å²) in [5.41, 5.74) is 2.63. The number of amides is 2. The van der Waals surface area contributed by atoms with Crippen molar-refractivity contribution in [2.45, 2.75) is 0 Å². The van der Waals surface area contributed by atoms with Gasteiger partial charge < -0.3 is 20.0 Å². The third kappa shape index (κ3) is 3.78. The molecule has 134 valence electrons. The Hall–Kier alpha value is -3.32. The van der Waals surface area contributed by atoms with Crippen molar-refractivity contribution in [2.24, 2.45) is 0 Å². The number of carbonyl (C=O) groups excluding carboxylic acids is 2. The van der Waals surface area contributed by atoms with Gasteiger partial charge in [0.05, 0.1) is 0 Å². The molecule has 2 aromatic heterocycles. The number of benzene rings is 2. The minimum Gasteiger partial charge on any atom is -0.444 e. The molecule has 0 saturated heterocycles. The number of H-pyrrole nitrogens is 1. The molecule has 0 bridgehead atoms. The first-order valence-corrected chi connectivity index (χ1v) is 8.93. The van der Waals surface area contributed by atoms with Crippen LogP contribution >= 0.6 is 15.9 Å². The highest BCUT2D eigenvalue weighted by atomic mass is 79.9. The summed E-state index contributed by atoms with van der Waals surface area (Å²) in [7, 11) is 0. The first-order valence-electron chi connectivity index (χ1n) is 8.14. The molecule has 0 aliphatic heterocycles. The fraction of sp³-hybridized carbons (Fsp3) is 0. The molecule has 27 heavy (non-hydrogen) atoms. The highest BCUT2D eigenvalue weighted by Gasteiger charge is 2.12. The average molecular weight is 424 g/mol. The Bertz CT molecular complexity index is 1150. The molecule has 2 amide bonds. The van der Waals surface area contributed by atoms with Crippen LogP contribution in [0.2, 0.25) is 0 Å². The van der Waals surface area contributed by atoms with Crippen molar-refractivity contribution in [3.63, 3.8) is 0 Å². The molecular weight excluding hydrogens is 410 g/mol. The van der Waals surface area contributed by atoms with Crippen LogP contribution < -0.4 is 10.6 Å². The van der Waals surface area contributed by atoms with Crippen LogP contribution in [0.1, 0.15) is 20.9 Å². The Labute approximate surface area is 162 Å². The third-order valence-corrected chi connectivity index (χ3v) is 4.42. The van der Waals surface area contributed by atoms with Crippen LogP contribution in [0, 0.1) is 0 Å². The second-order valence-corrected chi connectivity index (χ2v) is 6.65. The van der Waals surface area contributed by atoms with E-state index in [4.69, 9.17) is 4.42 Å². The van der Waals surface area contributed by atoms with Crippen LogP contribution in [-0.2, 0) is 0 Å². The zero-order valence-corrected chi connectivity index (χ0v) is 15.5. The number of aromatic amines is 1. The molecule has 0 spiro atoms. The average Bonchev–Trinajstić information content (AvgIpc) is 3.30. The second-order valence-electron chi connectivity index (χ2n) is 5.87. The first-order chi connectivity index (χ1) is 13.1. The summed E-state index contributed by atoms with van der Waals surface area (Å²) in [6.45, 7) is 0. The van der Waals surface area contributed by atoms with Crippen LogP contribution in [0.3, 0.4) is 0 Å². The summed E-state index contributed by atoms with van der Waals surface area (Å²) < 4.78 is 5.70. The molecule has 2 aromatic carbocycles. The van der Waals surface area contributed by atoms with E-state index in [1.165, 1.54) is 0 Å². The lowest BCUT2D eigenvalue weighted by Gasteiger charge is -2.08. The maximum atomic E-state index is 12.5. The van der Waals surface area contributed by atoms with E-state index in [1.54, 1.807) is 36.4 Å². The number of hydrogen-bond donors (Lipinski definition) is 3. The van der Waals surface area contributed by atoms with Crippen molar-refractivity contribution >= 4 is 50.0 Å². The number of aromatic nitrogens is 1. The van der Waals surface area contributed by atoms with E-state index in [0.717, 1.165) is 10.9 Å². The molecular formula is C20H14BrN3O3. The van der Waals surface area contributed by atoms with E-state index in [2.05, 4.69) is 31.5 Å². The van der Waals surface area contributed by atoms with Crippen LogP contribution in [0.25, 0.3) is 10.9 Å². The van der Waals surface area contributed by atoms with Gasteiger partial charge in [0.2, 0.25) is 0 Å². The largest absolute Gasteiger partial charge is 0.444 e. The normalized spacial score (nSPS) is 10.7. The lowest BCUT2D eigenvalue weighted by Crippen LogP contribution is -2.14. The maximum Gasteiger partial charge on any atom is 0.291 e. The van der Waals surface area contributed by atoms with E-state index in [-0.39, 0.29) is 11.7 Å². The Kier molecular flexibility index (Phi) is 4.52. The predicted octanol–water partition coefficient (Wildman–Crippen LogP) is 5.03. The van der Waals surface area contributed by atoms with E-state index < -0.39 is 5.91 Å². The van der Waals surface area contributed by atoms with Gasteiger partial charge in [0.15, 0.2) is 10.4 Å². The van der Waals surface area contributed by atoms with Crippen molar-refractivity contribution in [1.29, 1.82) is 0 Å². The van der Waals surface area contributed by atoms with Gasteiger partial charge in [-0.05, 0) is 70.5 Å². The van der Waals surface area contributed by atoms with Gasteiger partial charge in [-0.1, -0.05) is 6.07 Å². The molecule has 0 aliphatic carbocycles. The molecule has 3 N–H and O–H groups in total. The number of rotatable bonds is 4. The lowest BCUT2D eigenvalue weighted by atomic mass is 10.1. The fourth-order valence-corrected chi connectivity index (χ4v) is 3.01. The number of anilines is 2. The SMILES string of the molecule is O=C(Nc1ccc2[nH]ccc2c1)c1cccc(NC(=O)c2ccc(Br)o2)c1. The summed E-state index contributed by atoms with van der Waals surface area (Å²) >= 11 is 3.16. The molecule has 0 fully saturated rings. The van der Waals surface area contributed by atoms with E-state index in [1.807, 2.05) is 30.5 Å². The van der Waals surface area contributed by atoms with Crippen LogP contribution in [0.15, 0.2) is 75.9 Å². The smallest absolute Gasteiger partial charge is 0.291 e. The zero-order valence-electron chi connectivity index (χ0n) is 14.0. The Morgan fingerprint density at radius 2 is 1.70 bits per heavy atom. The molecule has 0 unspecified atom stereocenters. The Balaban J connectivity index is 1.49. The molecule has 0 atom stereocenters. The number of halogens is 1.